The lowest BCUT2D eigenvalue weighted by molar-refractivity contribution is -0.139. The number of ether oxygens (including phenoxy) is 2. The smallest absolute Gasteiger partial charge is 0.446 e. The molecule has 0 aromatic heterocycles. The second-order valence-corrected chi connectivity index (χ2v) is 14.6. The molecule has 0 saturated carbocycles. The highest BCUT2D eigenvalue weighted by molar-refractivity contribution is 7.81. The van der Waals surface area contributed by atoms with E-state index in [4.69, 9.17) is 13.7 Å². The molecular formula is C34H50N2O12S. The first kappa shape index (κ1) is 41.1. The van der Waals surface area contributed by atoms with E-state index in [0.717, 1.165) is 23.6 Å². The molecule has 4 atom stereocenters. The van der Waals surface area contributed by atoms with Gasteiger partial charge in [-0.25, -0.2) is 9.59 Å². The fraction of sp³-hybridized carbons (Fsp3) is 0.588. The van der Waals surface area contributed by atoms with Crippen LogP contribution in [0.3, 0.4) is 0 Å². The summed E-state index contributed by atoms with van der Waals surface area (Å²) < 4.78 is 49.9. The lowest BCUT2D eigenvalue weighted by atomic mass is 9.74. The summed E-state index contributed by atoms with van der Waals surface area (Å²) in [6, 6.07) is 2.26. The van der Waals surface area contributed by atoms with Crippen LogP contribution in [0.1, 0.15) is 91.5 Å². The molecule has 0 fully saturated rings. The van der Waals surface area contributed by atoms with E-state index < -0.39 is 58.0 Å². The Morgan fingerprint density at radius 3 is 1.84 bits per heavy atom. The summed E-state index contributed by atoms with van der Waals surface area (Å²) in [6.07, 6.45) is 1.87. The van der Waals surface area contributed by atoms with E-state index in [9.17, 15) is 42.4 Å². The maximum Gasteiger partial charge on any atom is 0.446 e. The number of carbonyl (C=O) groups excluding carboxylic acids is 2. The minimum absolute atomic E-state index is 0.0259. The number of hydrogen-bond acceptors (Lipinski definition) is 9. The van der Waals surface area contributed by atoms with Crippen molar-refractivity contribution in [3.8, 4) is 17.2 Å². The number of carboxylic acids is 2. The first-order chi connectivity index (χ1) is 22.7. The molecule has 1 aliphatic rings. The number of carbonyl (C=O) groups is 4. The van der Waals surface area contributed by atoms with E-state index in [0.29, 0.717) is 19.3 Å². The zero-order valence-electron chi connectivity index (χ0n) is 29.0. The van der Waals surface area contributed by atoms with Crippen molar-refractivity contribution in [3.63, 3.8) is 0 Å². The van der Waals surface area contributed by atoms with Crippen LogP contribution in [0, 0.1) is 29.6 Å². The molecule has 1 aromatic rings. The Labute approximate surface area is 288 Å². The van der Waals surface area contributed by atoms with E-state index in [1.54, 1.807) is 6.92 Å². The third-order valence-corrected chi connectivity index (χ3v) is 8.40. The molecule has 1 aliphatic carbocycles. The molecule has 0 heterocycles. The van der Waals surface area contributed by atoms with Crippen LogP contribution < -0.4 is 24.3 Å². The van der Waals surface area contributed by atoms with Gasteiger partial charge in [-0.15, -0.1) is 0 Å². The van der Waals surface area contributed by atoms with Gasteiger partial charge in [-0.05, 0) is 69.1 Å². The Morgan fingerprint density at radius 1 is 0.898 bits per heavy atom. The Kier molecular flexibility index (Phi) is 15.6. The van der Waals surface area contributed by atoms with Gasteiger partial charge in [0.1, 0.15) is 11.5 Å². The molecule has 0 spiro atoms. The number of nitrogens with one attached hydrogen (secondary N) is 2. The summed E-state index contributed by atoms with van der Waals surface area (Å²) in [5, 5.41) is 23.7. The van der Waals surface area contributed by atoms with Crippen LogP contribution >= 0.6 is 0 Å². The number of allylic oxidation sites excluding steroid dienone is 3. The first-order valence-electron chi connectivity index (χ1n) is 16.3. The van der Waals surface area contributed by atoms with E-state index in [1.165, 1.54) is 6.07 Å². The molecule has 49 heavy (non-hydrogen) atoms. The lowest BCUT2D eigenvalue weighted by Crippen LogP contribution is -2.34. The SMILES string of the molecule is C=C(C)[C@@H]1CCC(C)=C[C@H]1c1c(OC(=O)NC[C@H](CC(=O)O)CC(C)C)cc(OC(=O)NC[C@H](CC(=O)O)CC(C)C)cc1OS(=O)(=O)O. The topological polar surface area (TPSA) is 215 Å². The summed E-state index contributed by atoms with van der Waals surface area (Å²) in [5.41, 5.74) is 1.78. The molecule has 0 radical (unpaired) electrons. The van der Waals surface area contributed by atoms with Crippen LogP contribution in [0.15, 0.2) is 35.9 Å². The quantitative estimate of drug-likeness (QED) is 0.0834. The Morgan fingerprint density at radius 2 is 1.39 bits per heavy atom. The van der Waals surface area contributed by atoms with Gasteiger partial charge in [-0.1, -0.05) is 51.5 Å². The average Bonchev–Trinajstić information content (AvgIpc) is 2.92. The second kappa shape index (κ2) is 18.6. The fourth-order valence-electron chi connectivity index (χ4n) is 6.18. The van der Waals surface area contributed by atoms with Crippen LogP contribution in [0.25, 0.3) is 0 Å². The Balaban J connectivity index is 2.57. The number of hydrogen-bond donors (Lipinski definition) is 5. The molecule has 2 rings (SSSR count). The van der Waals surface area contributed by atoms with E-state index >= 15 is 0 Å². The van der Waals surface area contributed by atoms with Crippen molar-refractivity contribution in [2.24, 2.45) is 29.6 Å². The van der Waals surface area contributed by atoms with Gasteiger partial charge in [-0.2, -0.15) is 8.42 Å². The second-order valence-electron chi connectivity index (χ2n) is 13.6. The normalized spacial score (nSPS) is 17.4. The fourth-order valence-corrected chi connectivity index (χ4v) is 6.54. The zero-order valence-corrected chi connectivity index (χ0v) is 29.8. The minimum Gasteiger partial charge on any atom is -0.481 e. The third-order valence-electron chi connectivity index (χ3n) is 8.01. The largest absolute Gasteiger partial charge is 0.481 e. The highest BCUT2D eigenvalue weighted by Crippen LogP contribution is 2.48. The van der Waals surface area contributed by atoms with Crippen molar-refractivity contribution in [1.82, 2.24) is 10.6 Å². The molecule has 2 amide bonds. The minimum atomic E-state index is -5.14. The van der Waals surface area contributed by atoms with Crippen molar-refractivity contribution >= 4 is 34.5 Å². The lowest BCUT2D eigenvalue weighted by Gasteiger charge is -2.32. The van der Waals surface area contributed by atoms with Gasteiger partial charge in [0.05, 0.1) is 0 Å². The average molecular weight is 711 g/mol. The maximum atomic E-state index is 13.2. The summed E-state index contributed by atoms with van der Waals surface area (Å²) >= 11 is 0. The van der Waals surface area contributed by atoms with Crippen molar-refractivity contribution in [2.45, 2.75) is 86.0 Å². The van der Waals surface area contributed by atoms with Crippen molar-refractivity contribution in [2.75, 3.05) is 13.1 Å². The van der Waals surface area contributed by atoms with Gasteiger partial charge in [0.15, 0.2) is 5.75 Å². The van der Waals surface area contributed by atoms with E-state index in [1.807, 2.05) is 40.7 Å². The molecule has 1 aromatic carbocycles. The van der Waals surface area contributed by atoms with Crippen LogP contribution in [0.5, 0.6) is 17.2 Å². The van der Waals surface area contributed by atoms with Gasteiger partial charge in [0, 0.05) is 49.5 Å². The molecule has 0 unspecified atom stereocenters. The van der Waals surface area contributed by atoms with E-state index in [2.05, 4.69) is 17.2 Å². The van der Waals surface area contributed by atoms with Gasteiger partial charge >= 0.3 is 34.5 Å². The summed E-state index contributed by atoms with van der Waals surface area (Å²) in [5.74, 6) is -4.46. The molecule has 5 N–H and O–H groups in total. The van der Waals surface area contributed by atoms with Crippen molar-refractivity contribution < 1.29 is 56.0 Å². The van der Waals surface area contributed by atoms with Crippen molar-refractivity contribution in [3.05, 3.63) is 41.5 Å². The Hall–Kier alpha value is -4.11. The summed E-state index contributed by atoms with van der Waals surface area (Å²) in [6.45, 7) is 15.4. The molecule has 15 heteroatoms. The molecular weight excluding hydrogens is 660 g/mol. The molecule has 14 nitrogen and oxygen atoms in total. The van der Waals surface area contributed by atoms with Crippen LogP contribution in [-0.2, 0) is 20.0 Å². The first-order valence-corrected chi connectivity index (χ1v) is 17.6. The van der Waals surface area contributed by atoms with Gasteiger partial charge in [-0.3, -0.25) is 14.1 Å². The number of amides is 2. The van der Waals surface area contributed by atoms with Gasteiger partial charge in [0.2, 0.25) is 0 Å². The van der Waals surface area contributed by atoms with E-state index in [-0.39, 0.29) is 60.7 Å². The standard InChI is InChI=1S/C34H50N2O12S/c1-19(2)10-23(13-30(37)38)17-35-33(41)46-25-15-28(47-34(42)36-18-24(11-20(3)4)14-31(39)40)32(29(16-25)48-49(43,44)45)27-12-22(7)8-9-26(27)21(5)6/h12,15-16,19-20,23-24,26-27H,5,8-11,13-14,17-18H2,1-4,6-7H3,(H,35,41)(H,36,42)(H,37,38)(H,39,40)(H,43,44,45)/t23-,24-,26-,27+/m0/s1. The molecule has 274 valence electrons. The zero-order chi connectivity index (χ0) is 37.1. The molecule has 0 aliphatic heterocycles. The van der Waals surface area contributed by atoms with Gasteiger partial charge in [0.25, 0.3) is 0 Å². The highest BCUT2D eigenvalue weighted by Gasteiger charge is 2.34. The molecule has 0 saturated heterocycles. The van der Waals surface area contributed by atoms with Crippen LogP contribution in [-0.4, -0.2) is 60.4 Å². The predicted octanol–water partition coefficient (Wildman–Crippen LogP) is 6.34. The summed E-state index contributed by atoms with van der Waals surface area (Å²) in [7, 11) is -5.14. The monoisotopic (exact) mass is 710 g/mol. The number of rotatable bonds is 18. The number of benzene rings is 1. The summed E-state index contributed by atoms with van der Waals surface area (Å²) in [4.78, 5) is 48.8. The van der Waals surface area contributed by atoms with Crippen LogP contribution in [0.4, 0.5) is 9.59 Å². The maximum absolute atomic E-state index is 13.2. The van der Waals surface area contributed by atoms with Crippen LogP contribution in [0.2, 0.25) is 0 Å². The number of carboxylic acid groups (broad SMARTS) is 2. The molecule has 0 bridgehead atoms. The third kappa shape index (κ3) is 14.9. The number of aliphatic carboxylic acids is 2. The highest BCUT2D eigenvalue weighted by atomic mass is 32.3. The predicted molar refractivity (Wildman–Crippen MR) is 181 cm³/mol. The van der Waals surface area contributed by atoms with Crippen molar-refractivity contribution in [1.29, 1.82) is 0 Å². The Bertz CT molecular complexity index is 1500. The van der Waals surface area contributed by atoms with Gasteiger partial charge < -0.3 is 34.5 Å².